The Morgan fingerprint density at radius 1 is 1.42 bits per heavy atom. The fourth-order valence-corrected chi connectivity index (χ4v) is 2.91. The first kappa shape index (κ1) is 16.6. The molecule has 1 aliphatic rings. The summed E-state index contributed by atoms with van der Waals surface area (Å²) in [6.07, 6.45) is 4.17. The number of hydrogen-bond acceptors (Lipinski definition) is 4. The molecule has 0 saturated heterocycles. The maximum absolute atomic E-state index is 12.9. The minimum absolute atomic E-state index is 0.239. The van der Waals surface area contributed by atoms with Gasteiger partial charge in [0, 0.05) is 12.0 Å². The molecule has 2 aromatic rings. The van der Waals surface area contributed by atoms with Crippen molar-refractivity contribution in [3.05, 3.63) is 53.2 Å². The second kappa shape index (κ2) is 7.13. The molecule has 1 heterocycles. The van der Waals surface area contributed by atoms with E-state index in [0.717, 1.165) is 25.0 Å². The quantitative estimate of drug-likeness (QED) is 0.851. The van der Waals surface area contributed by atoms with E-state index in [9.17, 15) is 14.3 Å². The largest absolute Gasteiger partial charge is 0.388 e. The lowest BCUT2D eigenvalue weighted by Gasteiger charge is -2.24. The number of halogens is 1. The van der Waals surface area contributed by atoms with Gasteiger partial charge in [-0.2, -0.15) is 0 Å². The minimum atomic E-state index is -0.769. The van der Waals surface area contributed by atoms with Gasteiger partial charge in [-0.3, -0.25) is 4.79 Å². The van der Waals surface area contributed by atoms with Crippen LogP contribution >= 0.6 is 0 Å². The molecule has 0 bridgehead atoms. The molecule has 1 saturated carbocycles. The minimum Gasteiger partial charge on any atom is -0.388 e. The number of nitrogens with one attached hydrogen (secondary N) is 1. The average molecular weight is 332 g/mol. The van der Waals surface area contributed by atoms with Crippen LogP contribution in [0.15, 0.2) is 35.1 Å². The normalized spacial score (nSPS) is 17.1. The third-order valence-electron chi connectivity index (χ3n) is 4.54. The summed E-state index contributed by atoms with van der Waals surface area (Å²) in [7, 11) is 0. The van der Waals surface area contributed by atoms with Gasteiger partial charge < -0.3 is 14.9 Å². The van der Waals surface area contributed by atoms with Gasteiger partial charge in [0.1, 0.15) is 17.6 Å². The topological polar surface area (TPSA) is 75.4 Å². The van der Waals surface area contributed by atoms with Crippen LogP contribution in [0.3, 0.4) is 0 Å². The zero-order valence-corrected chi connectivity index (χ0v) is 13.5. The fourth-order valence-electron chi connectivity index (χ4n) is 2.91. The molecule has 1 aliphatic carbocycles. The Kier molecular flexibility index (Phi) is 4.94. The number of aromatic nitrogens is 1. The summed E-state index contributed by atoms with van der Waals surface area (Å²) < 4.78 is 17.9. The summed E-state index contributed by atoms with van der Waals surface area (Å²) >= 11 is 0. The molecular weight excluding hydrogens is 311 g/mol. The van der Waals surface area contributed by atoms with Gasteiger partial charge in [-0.05, 0) is 43.9 Å². The maximum atomic E-state index is 12.9. The van der Waals surface area contributed by atoms with Gasteiger partial charge in [0.25, 0.3) is 5.91 Å². The predicted molar refractivity (Wildman–Crippen MR) is 86.0 cm³/mol. The van der Waals surface area contributed by atoms with Crippen LogP contribution in [-0.2, 0) is 0 Å². The fraction of sp³-hybridized carbons (Fsp3) is 0.444. The number of aliphatic hydroxyl groups excluding tert-OH is 1. The highest BCUT2D eigenvalue weighted by molar-refractivity contribution is 5.95. The van der Waals surface area contributed by atoms with Gasteiger partial charge >= 0.3 is 0 Å². The number of rotatable bonds is 6. The van der Waals surface area contributed by atoms with Gasteiger partial charge in [0.2, 0.25) is 0 Å². The van der Waals surface area contributed by atoms with Gasteiger partial charge in [0.15, 0.2) is 0 Å². The van der Waals surface area contributed by atoms with Crippen LogP contribution in [0.25, 0.3) is 0 Å². The average Bonchev–Trinajstić information content (AvgIpc) is 2.95. The van der Waals surface area contributed by atoms with Crippen molar-refractivity contribution in [2.45, 2.75) is 50.7 Å². The van der Waals surface area contributed by atoms with E-state index < -0.39 is 6.10 Å². The summed E-state index contributed by atoms with van der Waals surface area (Å²) in [6, 6.07) is 5.46. The van der Waals surface area contributed by atoms with Crippen LogP contribution in [0, 0.1) is 5.82 Å². The first-order chi connectivity index (χ1) is 11.5. The highest BCUT2D eigenvalue weighted by atomic mass is 19.1. The van der Waals surface area contributed by atoms with Crippen molar-refractivity contribution in [3.63, 3.8) is 0 Å². The van der Waals surface area contributed by atoms with Crippen molar-refractivity contribution in [2.75, 3.05) is 0 Å². The highest BCUT2D eigenvalue weighted by Crippen LogP contribution is 2.37. The molecule has 1 aromatic heterocycles. The van der Waals surface area contributed by atoms with E-state index in [4.69, 9.17) is 4.52 Å². The molecule has 1 amide bonds. The van der Waals surface area contributed by atoms with E-state index in [2.05, 4.69) is 10.5 Å². The Balaban J connectivity index is 1.58. The standard InChI is InChI=1S/C18H21FN2O3/c1-11(9-16(22)12-5-7-14(19)8-6-12)20-18(23)15-10-24-21-17(15)13-3-2-4-13/h5-8,10-11,13,16,22H,2-4,9H2,1H3,(H,20,23). The van der Waals surface area contributed by atoms with E-state index in [0.29, 0.717) is 23.5 Å². The van der Waals surface area contributed by atoms with Crippen LogP contribution in [0.2, 0.25) is 0 Å². The molecule has 3 rings (SSSR count). The number of nitrogens with zero attached hydrogens (tertiary/aromatic N) is 1. The Labute approximate surface area is 139 Å². The van der Waals surface area contributed by atoms with Crippen LogP contribution in [0.5, 0.6) is 0 Å². The molecule has 5 nitrogen and oxygen atoms in total. The second-order valence-corrected chi connectivity index (χ2v) is 6.42. The van der Waals surface area contributed by atoms with E-state index >= 15 is 0 Å². The molecular formula is C18H21FN2O3. The monoisotopic (exact) mass is 332 g/mol. The number of carbonyl (C=O) groups excluding carboxylic acids is 1. The Morgan fingerprint density at radius 3 is 2.75 bits per heavy atom. The van der Waals surface area contributed by atoms with E-state index in [-0.39, 0.29) is 17.8 Å². The molecule has 24 heavy (non-hydrogen) atoms. The third kappa shape index (κ3) is 3.64. The number of amides is 1. The predicted octanol–water partition coefficient (Wildman–Crippen LogP) is 3.32. The molecule has 2 unspecified atom stereocenters. The molecule has 0 aliphatic heterocycles. The molecule has 0 spiro atoms. The molecule has 128 valence electrons. The van der Waals surface area contributed by atoms with Crippen molar-refractivity contribution < 1.29 is 18.8 Å². The van der Waals surface area contributed by atoms with Crippen molar-refractivity contribution in [3.8, 4) is 0 Å². The van der Waals surface area contributed by atoms with Crippen molar-refractivity contribution in [1.29, 1.82) is 0 Å². The van der Waals surface area contributed by atoms with Crippen molar-refractivity contribution >= 4 is 5.91 Å². The van der Waals surface area contributed by atoms with Crippen LogP contribution in [0.4, 0.5) is 4.39 Å². The van der Waals surface area contributed by atoms with Crippen molar-refractivity contribution in [2.24, 2.45) is 0 Å². The Morgan fingerprint density at radius 2 is 2.12 bits per heavy atom. The van der Waals surface area contributed by atoms with Crippen LogP contribution in [-0.4, -0.2) is 22.2 Å². The number of hydrogen-bond donors (Lipinski definition) is 2. The first-order valence-corrected chi connectivity index (χ1v) is 8.23. The maximum Gasteiger partial charge on any atom is 0.256 e. The van der Waals surface area contributed by atoms with Crippen LogP contribution < -0.4 is 5.32 Å². The molecule has 6 heteroatoms. The number of benzene rings is 1. The first-order valence-electron chi connectivity index (χ1n) is 8.23. The van der Waals surface area contributed by atoms with Crippen molar-refractivity contribution in [1.82, 2.24) is 10.5 Å². The lowest BCUT2D eigenvalue weighted by Crippen LogP contribution is -2.34. The summed E-state index contributed by atoms with van der Waals surface area (Å²) in [4.78, 5) is 12.4. The third-order valence-corrected chi connectivity index (χ3v) is 4.54. The number of aliphatic hydroxyl groups is 1. The van der Waals surface area contributed by atoms with Gasteiger partial charge in [-0.25, -0.2) is 4.39 Å². The Hall–Kier alpha value is -2.21. The van der Waals surface area contributed by atoms with E-state index in [1.165, 1.54) is 18.4 Å². The zero-order valence-electron chi connectivity index (χ0n) is 13.5. The summed E-state index contributed by atoms with van der Waals surface area (Å²) in [5.74, 6) is -0.273. The molecule has 2 atom stereocenters. The van der Waals surface area contributed by atoms with Gasteiger partial charge in [-0.15, -0.1) is 0 Å². The second-order valence-electron chi connectivity index (χ2n) is 6.42. The van der Waals surface area contributed by atoms with Crippen LogP contribution in [0.1, 0.15) is 66.2 Å². The lowest BCUT2D eigenvalue weighted by atomic mass is 9.81. The van der Waals surface area contributed by atoms with E-state index in [1.54, 1.807) is 12.1 Å². The Bertz CT molecular complexity index is 695. The van der Waals surface area contributed by atoms with Gasteiger partial charge in [-0.1, -0.05) is 23.7 Å². The molecule has 2 N–H and O–H groups in total. The molecule has 0 radical (unpaired) electrons. The summed E-state index contributed by atoms with van der Waals surface area (Å²) in [5.41, 5.74) is 1.82. The molecule has 1 aromatic carbocycles. The zero-order chi connectivity index (χ0) is 17.1. The lowest BCUT2D eigenvalue weighted by molar-refractivity contribution is 0.0914. The molecule has 1 fully saturated rings. The number of carbonyl (C=O) groups is 1. The smallest absolute Gasteiger partial charge is 0.256 e. The summed E-state index contributed by atoms with van der Waals surface area (Å²) in [5, 5.41) is 17.0. The van der Waals surface area contributed by atoms with Gasteiger partial charge in [0.05, 0.1) is 11.8 Å². The summed E-state index contributed by atoms with van der Waals surface area (Å²) in [6.45, 7) is 1.82. The highest BCUT2D eigenvalue weighted by Gasteiger charge is 2.28. The SMILES string of the molecule is CC(CC(O)c1ccc(F)cc1)NC(=O)c1conc1C1CCC1. The van der Waals surface area contributed by atoms with E-state index in [1.807, 2.05) is 6.92 Å².